The van der Waals surface area contributed by atoms with Crippen LogP contribution in [-0.4, -0.2) is 35.1 Å². The maximum Gasteiger partial charge on any atom is 0.289 e. The van der Waals surface area contributed by atoms with Crippen LogP contribution in [0, 0.1) is 5.92 Å². The third-order valence-electron chi connectivity index (χ3n) is 3.90. The van der Waals surface area contributed by atoms with Crippen molar-refractivity contribution in [2.45, 2.75) is 19.4 Å². The molecule has 1 fully saturated rings. The predicted octanol–water partition coefficient (Wildman–Crippen LogP) is 3.04. The molecule has 0 saturated carbocycles. The molecule has 1 aromatic carbocycles. The van der Waals surface area contributed by atoms with Crippen LogP contribution in [0.3, 0.4) is 0 Å². The molecule has 0 bridgehead atoms. The molecule has 2 atom stereocenters. The highest BCUT2D eigenvalue weighted by Gasteiger charge is 2.31. The second-order valence-electron chi connectivity index (χ2n) is 5.31. The van der Waals surface area contributed by atoms with Crippen molar-refractivity contribution >= 4 is 32.8 Å². The van der Waals surface area contributed by atoms with E-state index < -0.39 is 0 Å². The van der Waals surface area contributed by atoms with Gasteiger partial charge < -0.3 is 14.4 Å². The summed E-state index contributed by atoms with van der Waals surface area (Å²) in [5.41, 5.74) is 0.696. The number of benzene rings is 1. The maximum atomic E-state index is 12.4. The summed E-state index contributed by atoms with van der Waals surface area (Å²) in [7, 11) is 0. The zero-order valence-electron chi connectivity index (χ0n) is 11.2. The number of fused-ring (bicyclic) bond motifs is 1. The molecule has 0 aliphatic carbocycles. The van der Waals surface area contributed by atoms with Gasteiger partial charge in [-0.2, -0.15) is 0 Å². The second-order valence-corrected chi connectivity index (χ2v) is 6.16. The lowest BCUT2D eigenvalue weighted by Crippen LogP contribution is -2.30. The van der Waals surface area contributed by atoms with Gasteiger partial charge in [0.15, 0.2) is 5.76 Å². The smallest absolute Gasteiger partial charge is 0.289 e. The largest absolute Gasteiger partial charge is 0.450 e. The van der Waals surface area contributed by atoms with Crippen molar-refractivity contribution in [1.82, 2.24) is 4.90 Å². The number of hydrogen-bond donors (Lipinski definition) is 1. The fourth-order valence-corrected chi connectivity index (χ4v) is 3.12. The van der Waals surface area contributed by atoms with Crippen LogP contribution in [0.5, 0.6) is 0 Å². The quantitative estimate of drug-likeness (QED) is 0.916. The standard InChI is InChI=1S/C15H16BrNO3/c1-9(18)11-5-6-17(8-11)15(19)13-7-10-3-2-4-12(16)14(10)20-13/h2-4,7,9,11,18H,5-6,8H2,1H3. The fourth-order valence-electron chi connectivity index (χ4n) is 2.65. The Kier molecular flexibility index (Phi) is 3.56. The number of nitrogens with zero attached hydrogens (tertiary/aromatic N) is 1. The van der Waals surface area contributed by atoms with Crippen LogP contribution in [-0.2, 0) is 0 Å². The molecule has 20 heavy (non-hydrogen) atoms. The minimum atomic E-state index is -0.377. The second kappa shape index (κ2) is 5.22. The van der Waals surface area contributed by atoms with E-state index in [1.54, 1.807) is 17.9 Å². The molecule has 2 heterocycles. The highest BCUT2D eigenvalue weighted by molar-refractivity contribution is 9.10. The molecule has 1 N–H and O–H groups in total. The van der Waals surface area contributed by atoms with Crippen molar-refractivity contribution in [3.8, 4) is 0 Å². The van der Waals surface area contributed by atoms with Gasteiger partial charge in [-0.3, -0.25) is 4.79 Å². The van der Waals surface area contributed by atoms with E-state index in [0.717, 1.165) is 16.3 Å². The van der Waals surface area contributed by atoms with Crippen molar-refractivity contribution in [3.05, 3.63) is 34.5 Å². The van der Waals surface area contributed by atoms with Gasteiger partial charge in [0.25, 0.3) is 5.91 Å². The average molecular weight is 338 g/mol. The molecule has 2 unspecified atom stereocenters. The lowest BCUT2D eigenvalue weighted by molar-refractivity contribution is 0.0734. The first-order valence-electron chi connectivity index (χ1n) is 6.71. The van der Waals surface area contributed by atoms with Crippen LogP contribution in [0.4, 0.5) is 0 Å². The van der Waals surface area contributed by atoms with E-state index in [1.165, 1.54) is 0 Å². The van der Waals surface area contributed by atoms with Crippen LogP contribution >= 0.6 is 15.9 Å². The molecule has 4 nitrogen and oxygen atoms in total. The van der Waals surface area contributed by atoms with Gasteiger partial charge in [0, 0.05) is 24.4 Å². The number of halogens is 1. The van der Waals surface area contributed by atoms with Crippen LogP contribution in [0.25, 0.3) is 11.0 Å². The van der Waals surface area contributed by atoms with Gasteiger partial charge in [-0.25, -0.2) is 0 Å². The molecular weight excluding hydrogens is 322 g/mol. The lowest BCUT2D eigenvalue weighted by Gasteiger charge is -2.16. The van der Waals surface area contributed by atoms with Gasteiger partial charge in [-0.15, -0.1) is 0 Å². The van der Waals surface area contributed by atoms with E-state index >= 15 is 0 Å². The minimum Gasteiger partial charge on any atom is -0.450 e. The minimum absolute atomic E-state index is 0.101. The monoisotopic (exact) mass is 337 g/mol. The van der Waals surface area contributed by atoms with Gasteiger partial charge in [0.1, 0.15) is 5.58 Å². The Morgan fingerprint density at radius 2 is 2.35 bits per heavy atom. The van der Waals surface area contributed by atoms with Crippen LogP contribution in [0.2, 0.25) is 0 Å². The summed E-state index contributed by atoms with van der Waals surface area (Å²) >= 11 is 3.42. The summed E-state index contributed by atoms with van der Waals surface area (Å²) in [6.45, 7) is 3.04. The summed E-state index contributed by atoms with van der Waals surface area (Å²) in [4.78, 5) is 14.2. The molecule has 1 amide bonds. The lowest BCUT2D eigenvalue weighted by atomic mass is 10.0. The molecule has 0 radical (unpaired) electrons. The number of para-hydroxylation sites is 1. The molecule has 5 heteroatoms. The summed E-state index contributed by atoms with van der Waals surface area (Å²) in [6, 6.07) is 7.50. The first-order valence-corrected chi connectivity index (χ1v) is 7.51. The normalized spacial score (nSPS) is 20.6. The van der Waals surface area contributed by atoms with Gasteiger partial charge >= 0.3 is 0 Å². The summed E-state index contributed by atoms with van der Waals surface area (Å²) in [5, 5.41) is 10.5. The van der Waals surface area contributed by atoms with Crippen LogP contribution in [0.1, 0.15) is 23.9 Å². The van der Waals surface area contributed by atoms with E-state index in [-0.39, 0.29) is 17.9 Å². The topological polar surface area (TPSA) is 53.7 Å². The van der Waals surface area contributed by atoms with Crippen molar-refractivity contribution < 1.29 is 14.3 Å². The number of aliphatic hydroxyl groups is 1. The number of rotatable bonds is 2. The summed E-state index contributed by atoms with van der Waals surface area (Å²) in [6.07, 6.45) is 0.463. The van der Waals surface area contributed by atoms with Crippen molar-refractivity contribution in [1.29, 1.82) is 0 Å². The number of hydrogen-bond acceptors (Lipinski definition) is 3. The number of carbonyl (C=O) groups excluding carboxylic acids is 1. The zero-order chi connectivity index (χ0) is 14.3. The molecule has 1 aliphatic heterocycles. The Morgan fingerprint density at radius 1 is 1.55 bits per heavy atom. The van der Waals surface area contributed by atoms with E-state index in [4.69, 9.17) is 4.42 Å². The van der Waals surface area contributed by atoms with Gasteiger partial charge in [0.2, 0.25) is 0 Å². The molecule has 106 valence electrons. The number of carbonyl (C=O) groups is 1. The Hall–Kier alpha value is -1.33. The summed E-state index contributed by atoms with van der Waals surface area (Å²) in [5.74, 6) is 0.421. The molecular formula is C15H16BrNO3. The van der Waals surface area contributed by atoms with E-state index in [0.29, 0.717) is 24.4 Å². The number of likely N-dealkylation sites (tertiary alicyclic amines) is 1. The van der Waals surface area contributed by atoms with E-state index in [1.807, 2.05) is 18.2 Å². The molecule has 0 spiro atoms. The Morgan fingerprint density at radius 3 is 3.00 bits per heavy atom. The fraction of sp³-hybridized carbons (Fsp3) is 0.400. The summed E-state index contributed by atoms with van der Waals surface area (Å²) < 4.78 is 6.51. The van der Waals surface area contributed by atoms with E-state index in [2.05, 4.69) is 15.9 Å². The highest BCUT2D eigenvalue weighted by atomic mass is 79.9. The van der Waals surface area contributed by atoms with E-state index in [9.17, 15) is 9.90 Å². The van der Waals surface area contributed by atoms with Crippen molar-refractivity contribution in [2.24, 2.45) is 5.92 Å². The molecule has 2 aromatic rings. The Labute approximate surface area is 125 Å². The first kappa shape index (κ1) is 13.6. The number of furan rings is 1. The van der Waals surface area contributed by atoms with Gasteiger partial charge in [0.05, 0.1) is 10.6 Å². The molecule has 3 rings (SSSR count). The first-order chi connectivity index (χ1) is 9.56. The molecule has 1 aliphatic rings. The molecule has 1 saturated heterocycles. The Balaban J connectivity index is 1.84. The molecule has 1 aromatic heterocycles. The van der Waals surface area contributed by atoms with Crippen LogP contribution < -0.4 is 0 Å². The number of aliphatic hydroxyl groups excluding tert-OH is 1. The van der Waals surface area contributed by atoms with Crippen molar-refractivity contribution in [2.75, 3.05) is 13.1 Å². The Bertz CT molecular complexity index is 650. The SMILES string of the molecule is CC(O)C1CCN(C(=O)c2cc3cccc(Br)c3o2)C1. The number of amides is 1. The third-order valence-corrected chi connectivity index (χ3v) is 4.53. The highest BCUT2D eigenvalue weighted by Crippen LogP contribution is 2.29. The zero-order valence-corrected chi connectivity index (χ0v) is 12.8. The average Bonchev–Trinajstić information content (AvgIpc) is 3.05. The van der Waals surface area contributed by atoms with Crippen LogP contribution in [0.15, 0.2) is 33.2 Å². The maximum absolute atomic E-state index is 12.4. The predicted molar refractivity (Wildman–Crippen MR) is 79.6 cm³/mol. The van der Waals surface area contributed by atoms with Crippen molar-refractivity contribution in [3.63, 3.8) is 0 Å². The van der Waals surface area contributed by atoms with Gasteiger partial charge in [-0.05, 0) is 41.4 Å². The van der Waals surface area contributed by atoms with Gasteiger partial charge in [-0.1, -0.05) is 12.1 Å². The third kappa shape index (κ3) is 2.36.